The second-order valence-electron chi connectivity index (χ2n) is 2.33. The Balaban J connectivity index is 4.39. The molecule has 0 spiro atoms. The highest BCUT2D eigenvalue weighted by molar-refractivity contribution is 7.87. The summed E-state index contributed by atoms with van der Waals surface area (Å²) in [4.78, 5) is 10.4. The number of nitrogens with zero attached hydrogens (tertiary/aromatic N) is 1. The van der Waals surface area contributed by atoms with Crippen LogP contribution in [0.15, 0.2) is 0 Å². The second-order valence-corrected chi connectivity index (χ2v) is 4.27. The van der Waals surface area contributed by atoms with Crippen molar-refractivity contribution in [3.63, 3.8) is 0 Å². The summed E-state index contributed by atoms with van der Waals surface area (Å²) in [7, 11) is -1.59. The molecule has 0 saturated heterocycles. The van der Waals surface area contributed by atoms with Gasteiger partial charge in [0.1, 0.15) is 10.5 Å². The maximum Gasteiger partial charge on any atom is 0.319 e. The molecule has 0 aromatic carbocycles. The van der Waals surface area contributed by atoms with Gasteiger partial charge in [0.2, 0.25) is 0 Å². The zero-order valence-electron chi connectivity index (χ0n) is 6.98. The topological polar surface area (TPSA) is 78.2 Å². The fourth-order valence-electron chi connectivity index (χ4n) is 0.653. The molecule has 0 bridgehead atoms. The molecule has 1 N–H and O–H groups in total. The Bertz CT molecular complexity index is 233. The van der Waals surface area contributed by atoms with Crippen LogP contribution in [0.4, 0.5) is 0 Å². The Morgan fingerprint density at radius 3 is 2.50 bits per heavy atom. The van der Waals surface area contributed by atoms with Gasteiger partial charge in [0.15, 0.2) is 0 Å². The largest absolute Gasteiger partial charge is 0.480 e. The number of rotatable bonds is 4. The van der Waals surface area contributed by atoms with Crippen molar-refractivity contribution in [3.8, 4) is 6.07 Å². The Morgan fingerprint density at radius 2 is 2.25 bits per heavy atom. The third-order valence-corrected chi connectivity index (χ3v) is 3.39. The van der Waals surface area contributed by atoms with Crippen molar-refractivity contribution < 1.29 is 14.1 Å². The molecule has 4 nitrogen and oxygen atoms in total. The van der Waals surface area contributed by atoms with E-state index in [1.165, 1.54) is 6.92 Å². The SMILES string of the molecule is CCC(C#N)S(=O)C(C)C(=O)O. The Kier molecular flexibility index (Phi) is 4.52. The molecule has 0 rings (SSSR count). The lowest BCUT2D eigenvalue weighted by Crippen LogP contribution is -2.28. The maximum absolute atomic E-state index is 11.3. The molecule has 68 valence electrons. The van der Waals surface area contributed by atoms with E-state index in [9.17, 15) is 9.00 Å². The van der Waals surface area contributed by atoms with E-state index in [2.05, 4.69) is 0 Å². The fraction of sp³-hybridized carbons (Fsp3) is 0.714. The van der Waals surface area contributed by atoms with Crippen LogP contribution in [0, 0.1) is 11.3 Å². The summed E-state index contributed by atoms with van der Waals surface area (Å²) in [5, 5.41) is 15.3. The van der Waals surface area contributed by atoms with E-state index in [1.54, 1.807) is 6.92 Å². The van der Waals surface area contributed by atoms with Gasteiger partial charge in [0.25, 0.3) is 0 Å². The van der Waals surface area contributed by atoms with Crippen LogP contribution in [0.25, 0.3) is 0 Å². The summed E-state index contributed by atoms with van der Waals surface area (Å²) in [6.07, 6.45) is 0.417. The predicted molar refractivity (Wildman–Crippen MR) is 44.9 cm³/mol. The van der Waals surface area contributed by atoms with Gasteiger partial charge in [-0.2, -0.15) is 5.26 Å². The summed E-state index contributed by atoms with van der Waals surface area (Å²) in [5.41, 5.74) is 0. The highest BCUT2D eigenvalue weighted by atomic mass is 32.2. The molecule has 0 fully saturated rings. The molecule has 0 aliphatic carbocycles. The Morgan fingerprint density at radius 1 is 1.75 bits per heavy atom. The highest BCUT2D eigenvalue weighted by Crippen LogP contribution is 2.07. The minimum Gasteiger partial charge on any atom is -0.480 e. The van der Waals surface area contributed by atoms with Gasteiger partial charge >= 0.3 is 5.97 Å². The number of nitriles is 1. The lowest BCUT2D eigenvalue weighted by Gasteiger charge is -2.09. The van der Waals surface area contributed by atoms with Crippen LogP contribution in [0.3, 0.4) is 0 Å². The molecule has 0 heterocycles. The molecule has 3 unspecified atom stereocenters. The minimum absolute atomic E-state index is 0.417. The Labute approximate surface area is 73.7 Å². The number of hydrogen-bond acceptors (Lipinski definition) is 3. The monoisotopic (exact) mass is 189 g/mol. The van der Waals surface area contributed by atoms with Crippen molar-refractivity contribution in [1.29, 1.82) is 5.26 Å². The normalized spacial score (nSPS) is 17.4. The molecular weight excluding hydrogens is 178 g/mol. The van der Waals surface area contributed by atoms with Crippen LogP contribution in [-0.2, 0) is 15.6 Å². The fourth-order valence-corrected chi connectivity index (χ4v) is 1.78. The van der Waals surface area contributed by atoms with Crippen LogP contribution < -0.4 is 0 Å². The van der Waals surface area contributed by atoms with E-state index in [0.717, 1.165) is 0 Å². The van der Waals surface area contributed by atoms with Crippen molar-refractivity contribution in [3.05, 3.63) is 0 Å². The molecule has 0 radical (unpaired) electrons. The standard InChI is InChI=1S/C7H11NO3S/c1-3-6(4-8)12(11)5(2)7(9)10/h5-6H,3H2,1-2H3,(H,9,10). The zero-order chi connectivity index (χ0) is 9.72. The van der Waals surface area contributed by atoms with Crippen LogP contribution in [0.2, 0.25) is 0 Å². The quantitative estimate of drug-likeness (QED) is 0.699. The summed E-state index contributed by atoms with van der Waals surface area (Å²) >= 11 is 0. The van der Waals surface area contributed by atoms with Gasteiger partial charge in [-0.15, -0.1) is 0 Å². The molecule has 0 aromatic heterocycles. The summed E-state index contributed by atoms with van der Waals surface area (Å²) in [5.74, 6) is -1.12. The average Bonchev–Trinajstić information content (AvgIpc) is 2.05. The van der Waals surface area contributed by atoms with Gasteiger partial charge in [-0.3, -0.25) is 9.00 Å². The van der Waals surface area contributed by atoms with E-state index >= 15 is 0 Å². The van der Waals surface area contributed by atoms with Gasteiger partial charge in [0.05, 0.1) is 16.9 Å². The van der Waals surface area contributed by atoms with Gasteiger partial charge < -0.3 is 5.11 Å². The first-order chi connectivity index (χ1) is 5.54. The summed E-state index contributed by atoms with van der Waals surface area (Å²) < 4.78 is 11.3. The number of carboxylic acids is 1. The lowest BCUT2D eigenvalue weighted by molar-refractivity contribution is -0.136. The predicted octanol–water partition coefficient (Wildman–Crippen LogP) is 0.510. The first-order valence-electron chi connectivity index (χ1n) is 3.56. The van der Waals surface area contributed by atoms with E-state index in [1.807, 2.05) is 6.07 Å². The number of carbonyl (C=O) groups is 1. The average molecular weight is 189 g/mol. The van der Waals surface area contributed by atoms with Crippen LogP contribution in [-0.4, -0.2) is 25.8 Å². The van der Waals surface area contributed by atoms with Gasteiger partial charge in [-0.1, -0.05) is 6.92 Å². The molecule has 0 aliphatic heterocycles. The van der Waals surface area contributed by atoms with Crippen LogP contribution >= 0.6 is 0 Å². The Hall–Kier alpha value is -0.890. The second kappa shape index (κ2) is 4.88. The lowest BCUT2D eigenvalue weighted by atomic mass is 10.4. The van der Waals surface area contributed by atoms with Gasteiger partial charge in [-0.25, -0.2) is 0 Å². The number of hydrogen-bond donors (Lipinski definition) is 1. The van der Waals surface area contributed by atoms with Crippen LogP contribution in [0.1, 0.15) is 20.3 Å². The molecule has 0 saturated carbocycles. The molecule has 3 atom stereocenters. The van der Waals surface area contributed by atoms with Crippen molar-refractivity contribution in [1.82, 2.24) is 0 Å². The van der Waals surface area contributed by atoms with E-state index in [-0.39, 0.29) is 0 Å². The van der Waals surface area contributed by atoms with E-state index in [4.69, 9.17) is 10.4 Å². The zero-order valence-corrected chi connectivity index (χ0v) is 7.80. The molecule has 0 aromatic rings. The summed E-state index contributed by atoms with van der Waals surface area (Å²) in [6, 6.07) is 1.82. The summed E-state index contributed by atoms with van der Waals surface area (Å²) in [6.45, 7) is 3.05. The first-order valence-corrected chi connectivity index (χ1v) is 4.84. The first kappa shape index (κ1) is 11.1. The minimum atomic E-state index is -1.59. The number of carboxylic acid groups (broad SMARTS) is 1. The van der Waals surface area contributed by atoms with E-state index < -0.39 is 27.3 Å². The van der Waals surface area contributed by atoms with Crippen molar-refractivity contribution in [2.45, 2.75) is 30.8 Å². The van der Waals surface area contributed by atoms with E-state index in [0.29, 0.717) is 6.42 Å². The molecule has 12 heavy (non-hydrogen) atoms. The van der Waals surface area contributed by atoms with Gasteiger partial charge in [-0.05, 0) is 13.3 Å². The molecule has 0 amide bonds. The third kappa shape index (κ3) is 2.62. The van der Waals surface area contributed by atoms with Gasteiger partial charge in [0, 0.05) is 0 Å². The number of aliphatic carboxylic acids is 1. The third-order valence-electron chi connectivity index (χ3n) is 1.49. The molecular formula is C7H11NO3S. The van der Waals surface area contributed by atoms with Crippen molar-refractivity contribution in [2.75, 3.05) is 0 Å². The van der Waals surface area contributed by atoms with Crippen molar-refractivity contribution in [2.24, 2.45) is 0 Å². The van der Waals surface area contributed by atoms with Crippen LogP contribution in [0.5, 0.6) is 0 Å². The molecule has 5 heteroatoms. The maximum atomic E-state index is 11.3. The van der Waals surface area contributed by atoms with Crippen molar-refractivity contribution >= 4 is 16.8 Å². The molecule has 0 aliphatic rings. The smallest absolute Gasteiger partial charge is 0.319 e. The highest BCUT2D eigenvalue weighted by Gasteiger charge is 2.25.